The predicted octanol–water partition coefficient (Wildman–Crippen LogP) is 2.03. The average molecular weight is 231 g/mol. The van der Waals surface area contributed by atoms with E-state index in [-0.39, 0.29) is 0 Å². The Hall–Kier alpha value is -0.350. The summed E-state index contributed by atoms with van der Waals surface area (Å²) < 4.78 is 5.05. The number of hydrogen-bond donors (Lipinski definition) is 0. The van der Waals surface area contributed by atoms with Crippen LogP contribution in [0.2, 0.25) is 0 Å². The van der Waals surface area contributed by atoms with Crippen LogP contribution in [0.15, 0.2) is 15.5 Å². The highest BCUT2D eigenvalue weighted by Gasteiger charge is 2.13. The minimum atomic E-state index is 0.580. The monoisotopic (exact) mass is 230 g/mol. The van der Waals surface area contributed by atoms with E-state index in [1.807, 2.05) is 0 Å². The first-order valence-electron chi connectivity index (χ1n) is 4.17. The van der Waals surface area contributed by atoms with Crippen LogP contribution >= 0.6 is 15.9 Å². The van der Waals surface area contributed by atoms with Gasteiger partial charge >= 0.3 is 0 Å². The molecule has 0 amide bonds. The molecule has 0 spiro atoms. The third-order valence-corrected chi connectivity index (χ3v) is 2.47. The molecule has 4 heteroatoms. The topological polar surface area (TPSA) is 29.3 Å². The molecule has 2 heterocycles. The first-order valence-corrected chi connectivity index (χ1v) is 4.96. The van der Waals surface area contributed by atoms with Gasteiger partial charge in [0.15, 0.2) is 0 Å². The van der Waals surface area contributed by atoms with Gasteiger partial charge in [-0.2, -0.15) is 0 Å². The van der Waals surface area contributed by atoms with Crippen molar-refractivity contribution in [2.75, 3.05) is 13.1 Å². The van der Waals surface area contributed by atoms with Gasteiger partial charge in [-0.05, 0) is 25.9 Å². The molecule has 1 saturated heterocycles. The molecule has 1 fully saturated rings. The molecule has 1 aromatic heterocycles. The maximum atomic E-state index is 5.05. The lowest BCUT2D eigenvalue weighted by Gasteiger charge is -2.10. The second-order valence-electron chi connectivity index (χ2n) is 3.08. The zero-order valence-electron chi connectivity index (χ0n) is 6.79. The van der Waals surface area contributed by atoms with E-state index in [0.29, 0.717) is 4.80 Å². The molecule has 0 radical (unpaired) electrons. The number of hydrogen-bond acceptors (Lipinski definition) is 3. The maximum Gasteiger partial charge on any atom is 0.264 e. The molecule has 0 aromatic carbocycles. The van der Waals surface area contributed by atoms with Crippen LogP contribution in [0.4, 0.5) is 0 Å². The minimum absolute atomic E-state index is 0.580. The summed E-state index contributed by atoms with van der Waals surface area (Å²) >= 11 is 3.19. The van der Waals surface area contributed by atoms with Gasteiger partial charge in [-0.25, -0.2) is 4.98 Å². The lowest BCUT2D eigenvalue weighted by Crippen LogP contribution is -2.18. The number of likely N-dealkylation sites (tertiary alicyclic amines) is 1. The van der Waals surface area contributed by atoms with E-state index in [2.05, 4.69) is 25.8 Å². The fraction of sp³-hybridized carbons (Fsp3) is 0.625. The zero-order valence-corrected chi connectivity index (χ0v) is 8.38. The summed E-state index contributed by atoms with van der Waals surface area (Å²) in [5.74, 6) is 0. The van der Waals surface area contributed by atoms with Crippen LogP contribution in [0.5, 0.6) is 0 Å². The fourth-order valence-corrected chi connectivity index (χ4v) is 1.85. The van der Waals surface area contributed by atoms with Crippen molar-refractivity contribution in [3.05, 3.63) is 16.8 Å². The Kier molecular flexibility index (Phi) is 2.46. The Balaban J connectivity index is 1.94. The van der Waals surface area contributed by atoms with Gasteiger partial charge < -0.3 is 4.42 Å². The molecule has 0 atom stereocenters. The summed E-state index contributed by atoms with van der Waals surface area (Å²) in [4.78, 5) is 7.16. The molecule has 2 rings (SSSR count). The summed E-state index contributed by atoms with van der Waals surface area (Å²) in [5.41, 5.74) is 1.02. The zero-order chi connectivity index (χ0) is 8.39. The van der Waals surface area contributed by atoms with E-state index in [0.717, 1.165) is 12.2 Å². The van der Waals surface area contributed by atoms with Crippen molar-refractivity contribution >= 4 is 15.9 Å². The quantitative estimate of drug-likeness (QED) is 0.779. The maximum absolute atomic E-state index is 5.05. The number of oxazole rings is 1. The van der Waals surface area contributed by atoms with Gasteiger partial charge in [-0.15, -0.1) is 0 Å². The van der Waals surface area contributed by atoms with Gasteiger partial charge in [0.2, 0.25) is 0 Å². The van der Waals surface area contributed by atoms with E-state index in [9.17, 15) is 0 Å². The van der Waals surface area contributed by atoms with E-state index in [1.54, 1.807) is 6.26 Å². The normalized spacial score (nSPS) is 18.8. The predicted molar refractivity (Wildman–Crippen MR) is 48.7 cm³/mol. The molecule has 0 N–H and O–H groups in total. The molecular formula is C8H11BrN2O. The Bertz CT molecular complexity index is 255. The van der Waals surface area contributed by atoms with Crippen LogP contribution in [0, 0.1) is 0 Å². The second-order valence-corrected chi connectivity index (χ2v) is 3.75. The molecule has 3 nitrogen and oxygen atoms in total. The molecule has 66 valence electrons. The van der Waals surface area contributed by atoms with Gasteiger partial charge in [0.25, 0.3) is 4.80 Å². The average Bonchev–Trinajstić information content (AvgIpc) is 2.63. The van der Waals surface area contributed by atoms with E-state index in [4.69, 9.17) is 4.42 Å². The van der Waals surface area contributed by atoms with Crippen molar-refractivity contribution in [1.29, 1.82) is 0 Å². The molecule has 1 aliphatic heterocycles. The Morgan fingerprint density at radius 3 is 2.83 bits per heavy atom. The first kappa shape index (κ1) is 8.26. The fourth-order valence-electron chi connectivity index (χ4n) is 1.52. The third kappa shape index (κ3) is 1.87. The standard InChI is InChI=1S/C8H11BrN2O/c9-8-10-7(6-12-8)5-11-3-1-2-4-11/h6H,1-5H2. The van der Waals surface area contributed by atoms with Gasteiger partial charge in [-0.3, -0.25) is 4.90 Å². The third-order valence-electron chi connectivity index (χ3n) is 2.11. The van der Waals surface area contributed by atoms with E-state index in [1.165, 1.54) is 25.9 Å². The largest absolute Gasteiger partial charge is 0.439 e. The van der Waals surface area contributed by atoms with Crippen LogP contribution < -0.4 is 0 Å². The highest BCUT2D eigenvalue weighted by molar-refractivity contribution is 9.10. The summed E-state index contributed by atoms with van der Waals surface area (Å²) in [6.45, 7) is 3.32. The van der Waals surface area contributed by atoms with Crippen molar-refractivity contribution in [3.8, 4) is 0 Å². The van der Waals surface area contributed by atoms with Gasteiger partial charge in [0, 0.05) is 22.5 Å². The molecule has 1 aliphatic rings. The summed E-state index contributed by atoms with van der Waals surface area (Å²) in [7, 11) is 0. The lowest BCUT2D eigenvalue weighted by atomic mass is 10.4. The smallest absolute Gasteiger partial charge is 0.264 e. The molecule has 12 heavy (non-hydrogen) atoms. The number of halogens is 1. The minimum Gasteiger partial charge on any atom is -0.439 e. The highest BCUT2D eigenvalue weighted by atomic mass is 79.9. The Morgan fingerprint density at radius 2 is 2.25 bits per heavy atom. The Morgan fingerprint density at radius 1 is 1.50 bits per heavy atom. The molecule has 0 bridgehead atoms. The van der Waals surface area contributed by atoms with Crippen molar-refractivity contribution in [2.45, 2.75) is 19.4 Å². The lowest BCUT2D eigenvalue weighted by molar-refractivity contribution is 0.327. The molecule has 0 saturated carbocycles. The van der Waals surface area contributed by atoms with Crippen LogP contribution in [0.1, 0.15) is 18.5 Å². The van der Waals surface area contributed by atoms with E-state index >= 15 is 0 Å². The first-order chi connectivity index (χ1) is 5.84. The van der Waals surface area contributed by atoms with Crippen molar-refractivity contribution in [1.82, 2.24) is 9.88 Å². The van der Waals surface area contributed by atoms with Crippen LogP contribution in [0.3, 0.4) is 0 Å². The van der Waals surface area contributed by atoms with Crippen molar-refractivity contribution < 1.29 is 4.42 Å². The van der Waals surface area contributed by atoms with Crippen LogP contribution in [-0.2, 0) is 6.54 Å². The molecular weight excluding hydrogens is 220 g/mol. The van der Waals surface area contributed by atoms with Crippen molar-refractivity contribution in [3.63, 3.8) is 0 Å². The summed E-state index contributed by atoms with van der Waals surface area (Å²) in [5, 5.41) is 0. The van der Waals surface area contributed by atoms with Gasteiger partial charge in [0.05, 0.1) is 5.69 Å². The van der Waals surface area contributed by atoms with E-state index < -0.39 is 0 Å². The van der Waals surface area contributed by atoms with Crippen LogP contribution in [0.25, 0.3) is 0 Å². The SMILES string of the molecule is Brc1nc(CN2CCCC2)co1. The highest BCUT2D eigenvalue weighted by Crippen LogP contribution is 2.14. The number of nitrogens with zero attached hydrogens (tertiary/aromatic N) is 2. The van der Waals surface area contributed by atoms with Gasteiger partial charge in [-0.1, -0.05) is 0 Å². The Labute approximate surface area is 79.9 Å². The molecule has 0 aliphatic carbocycles. The van der Waals surface area contributed by atoms with Crippen LogP contribution in [-0.4, -0.2) is 23.0 Å². The molecule has 1 aromatic rings. The number of aromatic nitrogens is 1. The van der Waals surface area contributed by atoms with Crippen molar-refractivity contribution in [2.24, 2.45) is 0 Å². The molecule has 0 unspecified atom stereocenters. The second kappa shape index (κ2) is 3.58. The van der Waals surface area contributed by atoms with Gasteiger partial charge in [0.1, 0.15) is 6.26 Å². The number of rotatable bonds is 2. The summed E-state index contributed by atoms with van der Waals surface area (Å²) in [6, 6.07) is 0. The summed E-state index contributed by atoms with van der Waals surface area (Å²) in [6.07, 6.45) is 4.35.